The molecule has 9 nitrogen and oxygen atoms in total. The fraction of sp³-hybridized carbons (Fsp3) is 0.130. The summed E-state index contributed by atoms with van der Waals surface area (Å²) < 4.78 is 11.0. The average Bonchev–Trinajstić information content (AvgIpc) is 3.66. The number of rotatable bonds is 15. The first-order valence-electron chi connectivity index (χ1n) is 18.2. The lowest BCUT2D eigenvalue weighted by Crippen LogP contribution is -2.30. The summed E-state index contributed by atoms with van der Waals surface area (Å²) in [4.78, 5) is 54.4. The van der Waals surface area contributed by atoms with E-state index in [1.54, 1.807) is 48.5 Å². The number of anilines is 2. The van der Waals surface area contributed by atoms with E-state index in [0.717, 1.165) is 21.6 Å². The second kappa shape index (κ2) is 19.4. The highest BCUT2D eigenvalue weighted by atomic mass is 32.2. The van der Waals surface area contributed by atoms with Gasteiger partial charge < -0.3 is 25.4 Å². The standard InChI is InChI=1S/C46H41N3O6S2/c1-4-40(44(52)49-45-41(46(53)54-3)38(29-56-45)33-22-18-30(2)19-23-33)57-37-17-11-16-35(27-37)47-43(51)39(48-42(50)34-14-9-6-10-15-34)26-31-20-24-36(25-21-31)55-28-32-12-7-5-8-13-32/h5-27,29,40H,4,28H2,1-3H3,(H,47,51)(H,48,50)(H,49,52)/b39-26-. The van der Waals surface area contributed by atoms with Crippen LogP contribution in [0.25, 0.3) is 17.2 Å². The Morgan fingerprint density at radius 2 is 1.51 bits per heavy atom. The number of nitrogens with one attached hydrogen (secondary N) is 3. The maximum Gasteiger partial charge on any atom is 0.341 e. The predicted molar refractivity (Wildman–Crippen MR) is 229 cm³/mol. The molecule has 6 rings (SSSR count). The number of thioether (sulfide) groups is 1. The summed E-state index contributed by atoms with van der Waals surface area (Å²) in [6, 6.07) is 40.7. The Labute approximate surface area is 340 Å². The lowest BCUT2D eigenvalue weighted by Gasteiger charge is -2.16. The zero-order valence-corrected chi connectivity index (χ0v) is 33.2. The molecule has 0 saturated heterocycles. The first kappa shape index (κ1) is 40.2. The molecule has 1 aromatic heterocycles. The molecule has 0 bridgehead atoms. The van der Waals surface area contributed by atoms with Crippen LogP contribution in [0.1, 0.15) is 50.8 Å². The van der Waals surface area contributed by atoms with Gasteiger partial charge in [-0.1, -0.05) is 103 Å². The summed E-state index contributed by atoms with van der Waals surface area (Å²) in [5, 5.41) is 10.4. The van der Waals surface area contributed by atoms with E-state index in [9.17, 15) is 19.2 Å². The third-order valence-corrected chi connectivity index (χ3v) is 11.0. The van der Waals surface area contributed by atoms with Crippen LogP contribution < -0.4 is 20.7 Å². The SMILES string of the molecule is CCC(Sc1cccc(NC(=O)/C(=C/c2ccc(OCc3ccccc3)cc2)NC(=O)c2ccccc2)c1)C(=O)Nc1scc(-c2ccc(C)cc2)c1C(=O)OC. The Balaban J connectivity index is 1.16. The van der Waals surface area contributed by atoms with Gasteiger partial charge in [-0.2, -0.15) is 0 Å². The van der Waals surface area contributed by atoms with E-state index >= 15 is 0 Å². The minimum absolute atomic E-state index is 0.0352. The summed E-state index contributed by atoms with van der Waals surface area (Å²) in [5.74, 6) is -1.12. The van der Waals surface area contributed by atoms with Gasteiger partial charge in [0.05, 0.1) is 12.4 Å². The quantitative estimate of drug-likeness (QED) is 0.0537. The van der Waals surface area contributed by atoms with E-state index in [1.807, 2.05) is 110 Å². The lowest BCUT2D eigenvalue weighted by atomic mass is 10.0. The van der Waals surface area contributed by atoms with Crippen molar-refractivity contribution < 1.29 is 28.7 Å². The molecule has 1 unspecified atom stereocenters. The summed E-state index contributed by atoms with van der Waals surface area (Å²) >= 11 is 2.60. The summed E-state index contributed by atoms with van der Waals surface area (Å²) in [7, 11) is 1.32. The maximum atomic E-state index is 13.8. The van der Waals surface area contributed by atoms with Crippen LogP contribution >= 0.6 is 23.1 Å². The molecule has 57 heavy (non-hydrogen) atoms. The molecule has 0 fully saturated rings. The van der Waals surface area contributed by atoms with Crippen LogP contribution in [-0.2, 0) is 20.9 Å². The van der Waals surface area contributed by atoms with Gasteiger partial charge in [0, 0.05) is 27.1 Å². The van der Waals surface area contributed by atoms with Crippen LogP contribution in [0, 0.1) is 6.92 Å². The number of aryl methyl sites for hydroxylation is 1. The molecule has 3 N–H and O–H groups in total. The molecule has 0 saturated carbocycles. The van der Waals surface area contributed by atoms with Crippen LogP contribution in [0.3, 0.4) is 0 Å². The Morgan fingerprint density at radius 1 is 0.807 bits per heavy atom. The highest BCUT2D eigenvalue weighted by Crippen LogP contribution is 2.37. The van der Waals surface area contributed by atoms with Crippen molar-refractivity contribution in [2.75, 3.05) is 17.7 Å². The Bertz CT molecular complexity index is 2360. The Hall–Kier alpha value is -6.43. The Kier molecular flexibility index (Phi) is 13.7. The average molecular weight is 796 g/mol. The largest absolute Gasteiger partial charge is 0.489 e. The number of hydrogen-bond donors (Lipinski definition) is 3. The number of methoxy groups -OCH3 is 1. The number of thiophene rings is 1. The molecule has 11 heteroatoms. The topological polar surface area (TPSA) is 123 Å². The van der Waals surface area contributed by atoms with Crippen molar-refractivity contribution in [3.05, 3.63) is 172 Å². The third kappa shape index (κ3) is 10.9. The minimum Gasteiger partial charge on any atom is -0.489 e. The smallest absolute Gasteiger partial charge is 0.341 e. The van der Waals surface area contributed by atoms with Gasteiger partial charge in [-0.25, -0.2) is 4.79 Å². The van der Waals surface area contributed by atoms with Crippen LogP contribution in [0.2, 0.25) is 0 Å². The molecule has 1 heterocycles. The number of carbonyl (C=O) groups is 4. The van der Waals surface area contributed by atoms with Gasteiger partial charge in [-0.05, 0) is 78.6 Å². The Morgan fingerprint density at radius 3 is 2.19 bits per heavy atom. The molecule has 0 spiro atoms. The second-order valence-electron chi connectivity index (χ2n) is 12.9. The molecular formula is C46H41N3O6S2. The first-order chi connectivity index (χ1) is 27.7. The lowest BCUT2D eigenvalue weighted by molar-refractivity contribution is -0.116. The zero-order valence-electron chi connectivity index (χ0n) is 31.6. The molecule has 0 aliphatic rings. The van der Waals surface area contributed by atoms with Crippen LogP contribution in [0.15, 0.2) is 149 Å². The van der Waals surface area contributed by atoms with E-state index < -0.39 is 23.0 Å². The molecule has 0 aliphatic heterocycles. The van der Waals surface area contributed by atoms with Crippen molar-refractivity contribution in [1.29, 1.82) is 0 Å². The number of benzene rings is 5. The van der Waals surface area contributed by atoms with Gasteiger partial charge in [0.2, 0.25) is 5.91 Å². The zero-order chi connectivity index (χ0) is 40.1. The molecular weight excluding hydrogens is 755 g/mol. The fourth-order valence-electron chi connectivity index (χ4n) is 5.73. The highest BCUT2D eigenvalue weighted by molar-refractivity contribution is 8.00. The van der Waals surface area contributed by atoms with Gasteiger partial charge in [0.15, 0.2) is 0 Å². The van der Waals surface area contributed by atoms with E-state index in [1.165, 1.54) is 30.2 Å². The first-order valence-corrected chi connectivity index (χ1v) is 20.0. The number of amides is 3. The normalized spacial score (nSPS) is 11.6. The molecule has 0 aliphatic carbocycles. The monoisotopic (exact) mass is 795 g/mol. The predicted octanol–water partition coefficient (Wildman–Crippen LogP) is 10.0. The van der Waals surface area contributed by atoms with Crippen molar-refractivity contribution in [2.24, 2.45) is 0 Å². The van der Waals surface area contributed by atoms with Crippen molar-refractivity contribution in [1.82, 2.24) is 5.32 Å². The molecule has 1 atom stereocenters. The summed E-state index contributed by atoms with van der Waals surface area (Å²) in [6.07, 6.45) is 2.09. The third-order valence-electron chi connectivity index (χ3n) is 8.78. The highest BCUT2D eigenvalue weighted by Gasteiger charge is 2.26. The molecule has 5 aromatic carbocycles. The van der Waals surface area contributed by atoms with E-state index in [4.69, 9.17) is 9.47 Å². The molecule has 288 valence electrons. The van der Waals surface area contributed by atoms with Crippen molar-refractivity contribution in [3.63, 3.8) is 0 Å². The van der Waals surface area contributed by atoms with E-state index in [-0.39, 0.29) is 11.6 Å². The van der Waals surface area contributed by atoms with Crippen LogP contribution in [0.4, 0.5) is 10.7 Å². The minimum atomic E-state index is -0.537. The van der Waals surface area contributed by atoms with Gasteiger partial charge >= 0.3 is 5.97 Å². The summed E-state index contributed by atoms with van der Waals surface area (Å²) in [5.41, 5.74) is 5.55. The van der Waals surface area contributed by atoms with Gasteiger partial charge in [0.1, 0.15) is 28.6 Å². The van der Waals surface area contributed by atoms with Crippen LogP contribution in [-0.4, -0.2) is 36.1 Å². The molecule has 0 radical (unpaired) electrons. The number of esters is 1. The van der Waals surface area contributed by atoms with Gasteiger partial charge in [0.25, 0.3) is 11.8 Å². The molecule has 3 amide bonds. The van der Waals surface area contributed by atoms with E-state index in [0.29, 0.717) is 51.7 Å². The van der Waals surface area contributed by atoms with Crippen molar-refractivity contribution >= 4 is 63.6 Å². The summed E-state index contributed by atoms with van der Waals surface area (Å²) in [6.45, 7) is 4.31. The molecule has 6 aromatic rings. The van der Waals surface area contributed by atoms with Crippen molar-refractivity contribution in [2.45, 2.75) is 37.0 Å². The maximum absolute atomic E-state index is 13.8. The van der Waals surface area contributed by atoms with E-state index in [2.05, 4.69) is 16.0 Å². The number of hydrogen-bond acceptors (Lipinski definition) is 8. The second-order valence-corrected chi connectivity index (χ2v) is 15.1. The van der Waals surface area contributed by atoms with Crippen molar-refractivity contribution in [3.8, 4) is 16.9 Å². The van der Waals surface area contributed by atoms with Gasteiger partial charge in [-0.15, -0.1) is 23.1 Å². The van der Waals surface area contributed by atoms with Crippen LogP contribution in [0.5, 0.6) is 5.75 Å². The number of carbonyl (C=O) groups excluding carboxylic acids is 4. The fourth-order valence-corrected chi connectivity index (χ4v) is 7.71. The number of ether oxygens (including phenoxy) is 2. The van der Waals surface area contributed by atoms with Gasteiger partial charge in [-0.3, -0.25) is 14.4 Å².